The van der Waals surface area contributed by atoms with Crippen LogP contribution in [-0.4, -0.2) is 75.0 Å². The molecule has 1 aliphatic heterocycles. The lowest BCUT2D eigenvalue weighted by molar-refractivity contribution is -0.186. The summed E-state index contributed by atoms with van der Waals surface area (Å²) < 4.78 is 58.3. The highest BCUT2D eigenvalue weighted by Crippen LogP contribution is 2.19. The summed E-state index contributed by atoms with van der Waals surface area (Å²) >= 11 is 0. The van der Waals surface area contributed by atoms with Gasteiger partial charge in [-0.2, -0.15) is 13.2 Å². The summed E-state index contributed by atoms with van der Waals surface area (Å²) in [6.07, 6.45) is -3.73. The summed E-state index contributed by atoms with van der Waals surface area (Å²) in [5.74, 6) is -1.86. The number of amides is 1. The lowest BCUT2D eigenvalue weighted by Crippen LogP contribution is -2.52. The Hall–Kier alpha value is -0.830. The zero-order valence-electron chi connectivity index (χ0n) is 9.90. The average Bonchev–Trinajstić information content (AvgIpc) is 2.24. The van der Waals surface area contributed by atoms with E-state index in [1.54, 1.807) is 4.90 Å². The van der Waals surface area contributed by atoms with Gasteiger partial charge in [0, 0.05) is 39.0 Å². The smallest absolute Gasteiger partial charge is 0.332 e. The molecule has 0 bridgehead atoms. The average molecular weight is 288 g/mol. The second-order valence-electron chi connectivity index (χ2n) is 4.26. The monoisotopic (exact) mass is 288 g/mol. The lowest BCUT2D eigenvalue weighted by Gasteiger charge is -2.34. The fourth-order valence-electron chi connectivity index (χ4n) is 1.65. The maximum atomic E-state index is 12.2. The van der Waals surface area contributed by atoms with E-state index in [2.05, 4.69) is 0 Å². The lowest BCUT2D eigenvalue weighted by atomic mass is 10.3. The van der Waals surface area contributed by atoms with Gasteiger partial charge < -0.3 is 4.90 Å². The molecule has 0 aliphatic carbocycles. The van der Waals surface area contributed by atoms with Crippen LogP contribution in [0.3, 0.4) is 0 Å². The van der Waals surface area contributed by atoms with Gasteiger partial charge in [0.1, 0.15) is 9.84 Å². The Labute approximate surface area is 103 Å². The van der Waals surface area contributed by atoms with Crippen LogP contribution in [0.2, 0.25) is 0 Å². The topological polar surface area (TPSA) is 57.7 Å². The van der Waals surface area contributed by atoms with Gasteiger partial charge in [-0.15, -0.1) is 0 Å². The maximum Gasteiger partial charge on any atom is 0.471 e. The highest BCUT2D eigenvalue weighted by molar-refractivity contribution is 7.90. The van der Waals surface area contributed by atoms with Crippen molar-refractivity contribution in [2.45, 2.75) is 6.18 Å². The molecule has 1 amide bonds. The van der Waals surface area contributed by atoms with Crippen LogP contribution in [0.1, 0.15) is 0 Å². The van der Waals surface area contributed by atoms with Crippen molar-refractivity contribution in [1.82, 2.24) is 9.80 Å². The Morgan fingerprint density at radius 2 is 1.67 bits per heavy atom. The number of hydrogen-bond donors (Lipinski definition) is 0. The van der Waals surface area contributed by atoms with E-state index in [1.807, 2.05) is 0 Å². The number of carbonyl (C=O) groups is 1. The van der Waals surface area contributed by atoms with E-state index in [9.17, 15) is 26.4 Å². The van der Waals surface area contributed by atoms with Gasteiger partial charge in [-0.25, -0.2) is 8.42 Å². The summed E-state index contributed by atoms with van der Waals surface area (Å²) in [5.41, 5.74) is 0. The molecule has 18 heavy (non-hydrogen) atoms. The van der Waals surface area contributed by atoms with Crippen LogP contribution in [0.5, 0.6) is 0 Å². The van der Waals surface area contributed by atoms with Crippen molar-refractivity contribution in [2.24, 2.45) is 0 Å². The van der Waals surface area contributed by atoms with E-state index >= 15 is 0 Å². The molecule has 5 nitrogen and oxygen atoms in total. The van der Waals surface area contributed by atoms with Crippen molar-refractivity contribution in [3.63, 3.8) is 0 Å². The van der Waals surface area contributed by atoms with Crippen molar-refractivity contribution in [1.29, 1.82) is 0 Å². The molecular formula is C9H15F3N2O3S. The molecule has 1 saturated heterocycles. The SMILES string of the molecule is CS(=O)(=O)CCN1CCN(C(=O)C(F)(F)F)CC1. The molecule has 0 aromatic heterocycles. The number of carbonyl (C=O) groups excluding carboxylic acids is 1. The molecule has 106 valence electrons. The van der Waals surface area contributed by atoms with E-state index in [0.29, 0.717) is 0 Å². The first-order chi connectivity index (χ1) is 8.09. The van der Waals surface area contributed by atoms with E-state index in [0.717, 1.165) is 11.2 Å². The molecule has 1 fully saturated rings. The summed E-state index contributed by atoms with van der Waals surface area (Å²) in [6, 6.07) is 0. The third-order valence-electron chi connectivity index (χ3n) is 2.68. The summed E-state index contributed by atoms with van der Waals surface area (Å²) in [7, 11) is -3.08. The van der Waals surface area contributed by atoms with Gasteiger partial charge >= 0.3 is 12.1 Å². The summed E-state index contributed by atoms with van der Waals surface area (Å²) in [5, 5.41) is 0. The molecule has 0 spiro atoms. The quantitative estimate of drug-likeness (QED) is 0.718. The second kappa shape index (κ2) is 5.43. The minimum Gasteiger partial charge on any atom is -0.332 e. The zero-order chi connectivity index (χ0) is 14.0. The third-order valence-corrected chi connectivity index (χ3v) is 3.60. The van der Waals surface area contributed by atoms with Crippen LogP contribution < -0.4 is 0 Å². The standard InChI is InChI=1S/C9H15F3N2O3S/c1-18(16,17)7-6-13-2-4-14(5-3-13)8(15)9(10,11)12/h2-7H2,1H3. The van der Waals surface area contributed by atoms with Gasteiger partial charge in [-0.05, 0) is 0 Å². The van der Waals surface area contributed by atoms with Crippen molar-refractivity contribution < 1.29 is 26.4 Å². The van der Waals surface area contributed by atoms with Crippen LogP contribution in [0, 0.1) is 0 Å². The first-order valence-electron chi connectivity index (χ1n) is 5.36. The Morgan fingerprint density at radius 3 is 2.06 bits per heavy atom. The maximum absolute atomic E-state index is 12.2. The van der Waals surface area contributed by atoms with Crippen LogP contribution in [0.15, 0.2) is 0 Å². The Balaban J connectivity index is 2.40. The van der Waals surface area contributed by atoms with Crippen molar-refractivity contribution >= 4 is 15.7 Å². The van der Waals surface area contributed by atoms with Gasteiger partial charge in [0.05, 0.1) is 5.75 Å². The Morgan fingerprint density at radius 1 is 1.17 bits per heavy atom. The Bertz CT molecular complexity index is 400. The number of sulfone groups is 1. The van der Waals surface area contributed by atoms with Gasteiger partial charge in [0.25, 0.3) is 0 Å². The van der Waals surface area contributed by atoms with Crippen LogP contribution in [0.4, 0.5) is 13.2 Å². The third kappa shape index (κ3) is 4.81. The molecular weight excluding hydrogens is 273 g/mol. The molecule has 0 unspecified atom stereocenters. The van der Waals surface area contributed by atoms with Crippen molar-refractivity contribution in [2.75, 3.05) is 44.7 Å². The van der Waals surface area contributed by atoms with Gasteiger partial charge in [0.15, 0.2) is 0 Å². The predicted octanol–water partition coefficient (Wildman–Crippen LogP) is -0.262. The summed E-state index contributed by atoms with van der Waals surface area (Å²) in [4.78, 5) is 13.4. The minimum absolute atomic E-state index is 0.0257. The van der Waals surface area contributed by atoms with Crippen LogP contribution in [0.25, 0.3) is 0 Å². The molecule has 0 radical (unpaired) electrons. The number of halogens is 3. The van der Waals surface area contributed by atoms with E-state index in [4.69, 9.17) is 0 Å². The largest absolute Gasteiger partial charge is 0.471 e. The van der Waals surface area contributed by atoms with Crippen LogP contribution in [-0.2, 0) is 14.6 Å². The molecule has 0 aromatic rings. The second-order valence-corrected chi connectivity index (χ2v) is 6.52. The normalized spacial score (nSPS) is 19.0. The van der Waals surface area contributed by atoms with E-state index in [-0.39, 0.29) is 38.5 Å². The highest BCUT2D eigenvalue weighted by atomic mass is 32.2. The molecule has 1 rings (SSSR count). The van der Waals surface area contributed by atoms with E-state index < -0.39 is 21.9 Å². The number of alkyl halides is 3. The van der Waals surface area contributed by atoms with Gasteiger partial charge in [-0.1, -0.05) is 0 Å². The van der Waals surface area contributed by atoms with Crippen molar-refractivity contribution in [3.05, 3.63) is 0 Å². The number of piperazine rings is 1. The molecule has 9 heteroatoms. The first-order valence-corrected chi connectivity index (χ1v) is 7.42. The Kier molecular flexibility index (Phi) is 4.60. The van der Waals surface area contributed by atoms with Gasteiger partial charge in [0.2, 0.25) is 0 Å². The fourth-order valence-corrected chi connectivity index (χ4v) is 2.24. The molecule has 0 atom stereocenters. The predicted molar refractivity (Wildman–Crippen MR) is 58.8 cm³/mol. The van der Waals surface area contributed by atoms with Gasteiger partial charge in [-0.3, -0.25) is 9.69 Å². The highest BCUT2D eigenvalue weighted by Gasteiger charge is 2.43. The molecule has 0 N–H and O–H groups in total. The summed E-state index contributed by atoms with van der Waals surface area (Å²) in [6.45, 7) is 0.756. The fraction of sp³-hybridized carbons (Fsp3) is 0.889. The van der Waals surface area contributed by atoms with Crippen molar-refractivity contribution in [3.8, 4) is 0 Å². The number of rotatable bonds is 3. The molecule has 0 aromatic carbocycles. The number of hydrogen-bond acceptors (Lipinski definition) is 4. The number of nitrogens with zero attached hydrogens (tertiary/aromatic N) is 2. The molecule has 1 heterocycles. The van der Waals surface area contributed by atoms with Crippen LogP contribution >= 0.6 is 0 Å². The first kappa shape index (κ1) is 15.2. The molecule has 1 aliphatic rings. The van der Waals surface area contributed by atoms with E-state index in [1.165, 1.54) is 0 Å². The minimum atomic E-state index is -4.84. The zero-order valence-corrected chi connectivity index (χ0v) is 10.7. The molecule has 0 saturated carbocycles.